The molecule has 0 saturated carbocycles. The van der Waals surface area contributed by atoms with Crippen LogP contribution >= 0.6 is 11.6 Å². The van der Waals surface area contributed by atoms with Crippen LogP contribution < -0.4 is 5.32 Å². The standard InChI is InChI=1S/C20H21ClN2O5S/c1-13-5-6-14(11-18(13)29(26,27)23-9-3-4-10-23)19(24)22-15-7-8-17(21)16(12-15)20(25)28-2/h5-8,11-12H,3-4,9-10H2,1-2H3,(H,22,24). The molecule has 2 aromatic carbocycles. The van der Waals surface area contributed by atoms with E-state index in [0.29, 0.717) is 24.3 Å². The van der Waals surface area contributed by atoms with Crippen molar-refractivity contribution >= 4 is 39.2 Å². The van der Waals surface area contributed by atoms with E-state index in [1.165, 1.54) is 29.6 Å². The van der Waals surface area contributed by atoms with Gasteiger partial charge in [-0.05, 0) is 55.7 Å². The minimum absolute atomic E-state index is 0.119. The predicted molar refractivity (Wildman–Crippen MR) is 110 cm³/mol. The number of ether oxygens (including phenoxy) is 1. The van der Waals surface area contributed by atoms with Gasteiger partial charge >= 0.3 is 5.97 Å². The summed E-state index contributed by atoms with van der Waals surface area (Å²) >= 11 is 5.99. The van der Waals surface area contributed by atoms with E-state index in [1.54, 1.807) is 25.1 Å². The molecule has 9 heteroatoms. The van der Waals surface area contributed by atoms with Crippen molar-refractivity contribution in [3.8, 4) is 0 Å². The maximum Gasteiger partial charge on any atom is 0.339 e. The number of carbonyl (C=O) groups is 2. The van der Waals surface area contributed by atoms with Crippen molar-refractivity contribution < 1.29 is 22.7 Å². The van der Waals surface area contributed by atoms with E-state index in [2.05, 4.69) is 10.1 Å². The molecule has 1 amide bonds. The number of nitrogens with one attached hydrogen (secondary N) is 1. The number of benzene rings is 2. The fourth-order valence-electron chi connectivity index (χ4n) is 3.16. The largest absolute Gasteiger partial charge is 0.465 e. The van der Waals surface area contributed by atoms with Crippen molar-refractivity contribution in [2.45, 2.75) is 24.7 Å². The second kappa shape index (κ2) is 8.52. The summed E-state index contributed by atoms with van der Waals surface area (Å²) in [4.78, 5) is 24.6. The Hall–Kier alpha value is -2.42. The third-order valence-electron chi connectivity index (χ3n) is 4.76. The highest BCUT2D eigenvalue weighted by molar-refractivity contribution is 7.89. The highest BCUT2D eigenvalue weighted by atomic mass is 35.5. The lowest BCUT2D eigenvalue weighted by molar-refractivity contribution is 0.0600. The van der Waals surface area contributed by atoms with Crippen LogP contribution in [-0.2, 0) is 14.8 Å². The Labute approximate surface area is 174 Å². The zero-order chi connectivity index (χ0) is 21.2. The number of esters is 1. The Balaban J connectivity index is 1.88. The summed E-state index contributed by atoms with van der Waals surface area (Å²) in [6, 6.07) is 8.98. The van der Waals surface area contributed by atoms with E-state index in [-0.39, 0.29) is 21.0 Å². The third-order valence-corrected chi connectivity index (χ3v) is 7.13. The zero-order valence-electron chi connectivity index (χ0n) is 16.1. The number of hydrogen-bond acceptors (Lipinski definition) is 5. The molecule has 1 heterocycles. The molecule has 1 aliphatic heterocycles. The zero-order valence-corrected chi connectivity index (χ0v) is 17.6. The van der Waals surface area contributed by atoms with Gasteiger partial charge in [-0.3, -0.25) is 4.79 Å². The highest BCUT2D eigenvalue weighted by Crippen LogP contribution is 2.26. The second-order valence-electron chi connectivity index (χ2n) is 6.73. The van der Waals surface area contributed by atoms with E-state index < -0.39 is 21.9 Å². The molecule has 0 aromatic heterocycles. The van der Waals surface area contributed by atoms with E-state index in [4.69, 9.17) is 11.6 Å². The third kappa shape index (κ3) is 4.44. The van der Waals surface area contributed by atoms with Crippen molar-refractivity contribution in [1.82, 2.24) is 4.31 Å². The van der Waals surface area contributed by atoms with Crippen molar-refractivity contribution in [3.05, 3.63) is 58.1 Å². The quantitative estimate of drug-likeness (QED) is 0.724. The molecule has 1 saturated heterocycles. The van der Waals surface area contributed by atoms with Crippen molar-refractivity contribution in [1.29, 1.82) is 0 Å². The molecular formula is C20H21ClN2O5S. The van der Waals surface area contributed by atoms with Gasteiger partial charge in [0.15, 0.2) is 0 Å². The van der Waals surface area contributed by atoms with Gasteiger partial charge < -0.3 is 10.1 Å². The van der Waals surface area contributed by atoms with Crippen molar-refractivity contribution in [2.24, 2.45) is 0 Å². The van der Waals surface area contributed by atoms with E-state index in [0.717, 1.165) is 12.8 Å². The SMILES string of the molecule is COC(=O)c1cc(NC(=O)c2ccc(C)c(S(=O)(=O)N3CCCC3)c2)ccc1Cl. The smallest absolute Gasteiger partial charge is 0.339 e. The number of nitrogens with zero attached hydrogens (tertiary/aromatic N) is 1. The lowest BCUT2D eigenvalue weighted by atomic mass is 10.1. The van der Waals surface area contributed by atoms with Gasteiger partial charge in [-0.15, -0.1) is 0 Å². The number of sulfonamides is 1. The first-order chi connectivity index (χ1) is 13.7. The number of carbonyl (C=O) groups excluding carboxylic acids is 2. The summed E-state index contributed by atoms with van der Waals surface area (Å²) in [5.74, 6) is -1.12. The Kier molecular flexibility index (Phi) is 6.26. The Morgan fingerprint density at radius 2 is 1.79 bits per heavy atom. The minimum Gasteiger partial charge on any atom is -0.465 e. The fourth-order valence-corrected chi connectivity index (χ4v) is 5.12. The summed E-state index contributed by atoms with van der Waals surface area (Å²) < 4.78 is 31.9. The topological polar surface area (TPSA) is 92.8 Å². The summed E-state index contributed by atoms with van der Waals surface area (Å²) in [7, 11) is -2.42. The van der Waals surface area contributed by atoms with Crippen LogP contribution in [0, 0.1) is 6.92 Å². The van der Waals surface area contributed by atoms with Crippen LogP contribution in [0.2, 0.25) is 5.02 Å². The van der Waals surface area contributed by atoms with Crippen molar-refractivity contribution in [2.75, 3.05) is 25.5 Å². The Morgan fingerprint density at radius 1 is 1.10 bits per heavy atom. The van der Waals surface area contributed by atoms with Gasteiger partial charge in [0.1, 0.15) is 0 Å². The molecule has 2 aromatic rings. The lowest BCUT2D eigenvalue weighted by Gasteiger charge is -2.18. The molecule has 154 valence electrons. The van der Waals surface area contributed by atoms with Gasteiger partial charge in [0.05, 0.1) is 22.6 Å². The Morgan fingerprint density at radius 3 is 2.45 bits per heavy atom. The average molecular weight is 437 g/mol. The summed E-state index contributed by atoms with van der Waals surface area (Å²) in [6.45, 7) is 2.67. The number of halogens is 1. The predicted octanol–water partition coefficient (Wildman–Crippen LogP) is 3.47. The molecule has 0 atom stereocenters. The number of rotatable bonds is 5. The van der Waals surface area contributed by atoms with E-state index in [1.807, 2.05) is 0 Å². The molecule has 0 unspecified atom stereocenters. The van der Waals surface area contributed by atoms with Crippen LogP contribution in [0.4, 0.5) is 5.69 Å². The van der Waals surface area contributed by atoms with Crippen LogP contribution in [0.3, 0.4) is 0 Å². The van der Waals surface area contributed by atoms with Crippen LogP contribution in [-0.4, -0.2) is 44.8 Å². The summed E-state index contributed by atoms with van der Waals surface area (Å²) in [5, 5.41) is 2.86. The first kappa shape index (κ1) is 21.3. The summed E-state index contributed by atoms with van der Waals surface area (Å²) in [5.41, 5.74) is 1.23. The lowest BCUT2D eigenvalue weighted by Crippen LogP contribution is -2.28. The number of aryl methyl sites for hydroxylation is 1. The van der Waals surface area contributed by atoms with Crippen LogP contribution in [0.1, 0.15) is 39.1 Å². The first-order valence-corrected chi connectivity index (χ1v) is 10.9. The van der Waals surface area contributed by atoms with Gasteiger partial charge in [0, 0.05) is 24.3 Å². The first-order valence-electron chi connectivity index (χ1n) is 9.04. The van der Waals surface area contributed by atoms with Crippen LogP contribution in [0.5, 0.6) is 0 Å². The van der Waals surface area contributed by atoms with E-state index in [9.17, 15) is 18.0 Å². The molecule has 0 radical (unpaired) electrons. The highest BCUT2D eigenvalue weighted by Gasteiger charge is 2.29. The number of anilines is 1. The Bertz CT molecular complexity index is 1060. The van der Waals surface area contributed by atoms with Gasteiger partial charge in [0.2, 0.25) is 10.0 Å². The van der Waals surface area contributed by atoms with Gasteiger partial charge in [-0.25, -0.2) is 13.2 Å². The monoisotopic (exact) mass is 436 g/mol. The molecule has 0 bridgehead atoms. The molecule has 1 fully saturated rings. The maximum atomic E-state index is 12.9. The number of methoxy groups -OCH3 is 1. The number of hydrogen-bond donors (Lipinski definition) is 1. The van der Waals surface area contributed by atoms with Crippen molar-refractivity contribution in [3.63, 3.8) is 0 Å². The van der Waals surface area contributed by atoms with E-state index >= 15 is 0 Å². The molecule has 0 spiro atoms. The molecule has 1 aliphatic rings. The van der Waals surface area contributed by atoms with Crippen LogP contribution in [0.15, 0.2) is 41.3 Å². The minimum atomic E-state index is -3.65. The second-order valence-corrected chi connectivity index (χ2v) is 9.05. The number of amides is 1. The van der Waals surface area contributed by atoms with Gasteiger partial charge in [-0.2, -0.15) is 4.31 Å². The molecule has 29 heavy (non-hydrogen) atoms. The molecule has 1 N–H and O–H groups in total. The van der Waals surface area contributed by atoms with Gasteiger partial charge in [0.25, 0.3) is 5.91 Å². The maximum absolute atomic E-state index is 12.9. The fraction of sp³-hybridized carbons (Fsp3) is 0.300. The average Bonchev–Trinajstić information content (AvgIpc) is 3.24. The molecular weight excluding hydrogens is 416 g/mol. The molecule has 7 nitrogen and oxygen atoms in total. The summed E-state index contributed by atoms with van der Waals surface area (Å²) in [6.07, 6.45) is 1.66. The normalized spacial score (nSPS) is 14.6. The van der Waals surface area contributed by atoms with Gasteiger partial charge in [-0.1, -0.05) is 17.7 Å². The van der Waals surface area contributed by atoms with Crippen LogP contribution in [0.25, 0.3) is 0 Å². The molecule has 3 rings (SSSR count). The molecule has 0 aliphatic carbocycles.